The third-order valence-corrected chi connectivity index (χ3v) is 5.72. The van der Waals surface area contributed by atoms with Crippen molar-refractivity contribution in [3.8, 4) is 11.3 Å². The van der Waals surface area contributed by atoms with Gasteiger partial charge in [0.2, 0.25) is 0 Å². The topological polar surface area (TPSA) is 48.9 Å². The lowest BCUT2D eigenvalue weighted by Gasteiger charge is -2.13. The fraction of sp³-hybridized carbons (Fsp3) is 0.0385. The Morgan fingerprint density at radius 1 is 0.690 bits per heavy atom. The molecule has 0 fully saturated rings. The van der Waals surface area contributed by atoms with Crippen LogP contribution in [0.15, 0.2) is 84.9 Å². The van der Waals surface area contributed by atoms with Crippen LogP contribution in [0.2, 0.25) is 0 Å². The molecule has 0 spiro atoms. The van der Waals surface area contributed by atoms with Crippen molar-refractivity contribution >= 4 is 43.4 Å². The Balaban J connectivity index is 1.86. The number of nitrogens with one attached hydrogen (secondary N) is 1. The van der Waals surface area contributed by atoms with Crippen LogP contribution in [0.25, 0.3) is 54.6 Å². The van der Waals surface area contributed by atoms with Crippen molar-refractivity contribution in [1.82, 2.24) is 9.97 Å². The van der Waals surface area contributed by atoms with Gasteiger partial charge in [-0.15, -0.1) is 0 Å². The number of H-pyrrole nitrogens is 1. The van der Waals surface area contributed by atoms with Gasteiger partial charge in [-0.1, -0.05) is 66.7 Å². The lowest BCUT2D eigenvalue weighted by Crippen LogP contribution is -1.95. The molecule has 2 N–H and O–H groups in total. The quantitative estimate of drug-likeness (QED) is 0.355. The molecule has 0 atom stereocenters. The summed E-state index contributed by atoms with van der Waals surface area (Å²) in [7, 11) is 0. The van der Waals surface area contributed by atoms with Crippen molar-refractivity contribution in [2.75, 3.05) is 0 Å². The highest BCUT2D eigenvalue weighted by molar-refractivity contribution is 6.18. The number of fused-ring (bicyclic) bond motifs is 5. The van der Waals surface area contributed by atoms with E-state index in [1.807, 2.05) is 18.2 Å². The maximum absolute atomic E-state index is 9.93. The van der Waals surface area contributed by atoms with Gasteiger partial charge in [0.1, 0.15) is 0 Å². The summed E-state index contributed by atoms with van der Waals surface area (Å²) < 4.78 is 0. The van der Waals surface area contributed by atoms with E-state index in [0.29, 0.717) is 5.69 Å². The smallest absolute Gasteiger partial charge is 0.0959 e. The van der Waals surface area contributed by atoms with E-state index in [2.05, 4.69) is 71.7 Å². The molecule has 0 radical (unpaired) electrons. The average molecular weight is 374 g/mol. The molecule has 0 aliphatic carbocycles. The van der Waals surface area contributed by atoms with Gasteiger partial charge < -0.3 is 10.1 Å². The van der Waals surface area contributed by atoms with Crippen LogP contribution in [-0.4, -0.2) is 15.1 Å². The van der Waals surface area contributed by atoms with Crippen LogP contribution < -0.4 is 0 Å². The highest BCUT2D eigenvalue weighted by Crippen LogP contribution is 2.40. The lowest BCUT2D eigenvalue weighted by molar-refractivity contribution is 0.277. The van der Waals surface area contributed by atoms with Gasteiger partial charge in [0.25, 0.3) is 0 Å². The van der Waals surface area contributed by atoms with E-state index in [1.165, 1.54) is 10.8 Å². The third-order valence-electron chi connectivity index (χ3n) is 5.72. The Hall–Kier alpha value is -3.69. The van der Waals surface area contributed by atoms with Crippen LogP contribution >= 0.6 is 0 Å². The van der Waals surface area contributed by atoms with Crippen molar-refractivity contribution in [2.24, 2.45) is 0 Å². The van der Waals surface area contributed by atoms with Gasteiger partial charge >= 0.3 is 0 Å². The van der Waals surface area contributed by atoms with Gasteiger partial charge in [-0.2, -0.15) is 0 Å². The summed E-state index contributed by atoms with van der Waals surface area (Å²) in [5.74, 6) is 0. The molecular weight excluding hydrogens is 356 g/mol. The van der Waals surface area contributed by atoms with Crippen LogP contribution in [0.5, 0.6) is 0 Å². The monoisotopic (exact) mass is 374 g/mol. The molecule has 29 heavy (non-hydrogen) atoms. The molecule has 0 saturated heterocycles. The summed E-state index contributed by atoms with van der Waals surface area (Å²) in [6.45, 7) is -0.0921. The minimum absolute atomic E-state index is 0.0921. The van der Waals surface area contributed by atoms with Crippen LogP contribution in [0.4, 0.5) is 0 Å². The van der Waals surface area contributed by atoms with Gasteiger partial charge in [-0.3, -0.25) is 0 Å². The lowest BCUT2D eigenvalue weighted by atomic mass is 9.93. The Labute approximate surface area is 167 Å². The highest BCUT2D eigenvalue weighted by Gasteiger charge is 2.17. The normalized spacial score (nSPS) is 11.8. The summed E-state index contributed by atoms with van der Waals surface area (Å²) >= 11 is 0. The Bertz CT molecular complexity index is 1490. The zero-order chi connectivity index (χ0) is 19.4. The Morgan fingerprint density at radius 2 is 1.31 bits per heavy atom. The number of nitrogens with zero attached hydrogens (tertiary/aromatic N) is 1. The van der Waals surface area contributed by atoms with Crippen LogP contribution in [0, 0.1) is 0 Å². The minimum atomic E-state index is -0.0921. The summed E-state index contributed by atoms with van der Waals surface area (Å²) in [5.41, 5.74) is 4.74. The van der Waals surface area contributed by atoms with E-state index in [9.17, 15) is 5.11 Å². The standard InChI is InChI=1S/C26H18N2O/c29-15-18-14-22-21-11-5-6-12-23(21)28-25(22)26(27-18)24-19-9-3-1-7-16(19)13-17-8-2-4-10-20(17)24/h1-14,28-29H,15H2. The summed E-state index contributed by atoms with van der Waals surface area (Å²) in [5, 5.41) is 16.9. The van der Waals surface area contributed by atoms with Gasteiger partial charge in [0, 0.05) is 21.9 Å². The number of para-hydroxylation sites is 1. The molecule has 2 heterocycles. The molecule has 0 amide bonds. The molecule has 3 heteroatoms. The number of aromatic nitrogens is 2. The molecule has 138 valence electrons. The number of hydrogen-bond donors (Lipinski definition) is 2. The van der Waals surface area contributed by atoms with Gasteiger partial charge in [0.15, 0.2) is 0 Å². The van der Waals surface area contributed by atoms with Crippen molar-refractivity contribution in [3.63, 3.8) is 0 Å². The number of pyridine rings is 1. The van der Waals surface area contributed by atoms with Crippen molar-refractivity contribution in [3.05, 3.63) is 90.6 Å². The summed E-state index contributed by atoms with van der Waals surface area (Å²) in [6.07, 6.45) is 0. The predicted molar refractivity (Wildman–Crippen MR) is 120 cm³/mol. The number of benzene rings is 4. The Kier molecular flexibility index (Phi) is 3.46. The first-order chi connectivity index (χ1) is 14.3. The molecule has 6 rings (SSSR count). The zero-order valence-corrected chi connectivity index (χ0v) is 15.7. The second-order valence-electron chi connectivity index (χ2n) is 7.41. The molecule has 0 unspecified atom stereocenters. The number of hydrogen-bond acceptors (Lipinski definition) is 2. The number of aliphatic hydroxyl groups is 1. The maximum Gasteiger partial charge on any atom is 0.0959 e. The van der Waals surface area contributed by atoms with E-state index < -0.39 is 0 Å². The van der Waals surface area contributed by atoms with Crippen molar-refractivity contribution in [2.45, 2.75) is 6.61 Å². The van der Waals surface area contributed by atoms with Crippen LogP contribution in [-0.2, 0) is 6.61 Å². The molecule has 4 aromatic carbocycles. The number of aromatic amines is 1. The molecule has 0 aliphatic rings. The molecule has 0 aliphatic heterocycles. The second kappa shape index (κ2) is 6.16. The first-order valence-corrected chi connectivity index (χ1v) is 9.75. The van der Waals surface area contributed by atoms with Gasteiger partial charge in [-0.05, 0) is 39.7 Å². The summed E-state index contributed by atoms with van der Waals surface area (Å²) in [4.78, 5) is 8.49. The molecule has 3 nitrogen and oxygen atoms in total. The van der Waals surface area contributed by atoms with Crippen LogP contribution in [0.1, 0.15) is 5.69 Å². The minimum Gasteiger partial charge on any atom is -0.390 e. The van der Waals surface area contributed by atoms with Gasteiger partial charge in [-0.25, -0.2) is 4.98 Å². The van der Waals surface area contributed by atoms with E-state index >= 15 is 0 Å². The second-order valence-corrected chi connectivity index (χ2v) is 7.41. The maximum atomic E-state index is 9.93. The molecule has 0 bridgehead atoms. The molecular formula is C26H18N2O. The SMILES string of the molecule is OCc1cc2c([nH]c3ccccc32)c(-c2c3ccccc3cc3ccccc23)n1. The largest absolute Gasteiger partial charge is 0.390 e. The van der Waals surface area contributed by atoms with Gasteiger partial charge in [0.05, 0.1) is 23.5 Å². The third kappa shape index (κ3) is 2.38. The van der Waals surface area contributed by atoms with Crippen LogP contribution in [0.3, 0.4) is 0 Å². The predicted octanol–water partition coefficient (Wildman–Crippen LogP) is 6.18. The number of aliphatic hydroxyl groups excluding tert-OH is 1. The fourth-order valence-corrected chi connectivity index (χ4v) is 4.43. The molecule has 2 aromatic heterocycles. The first-order valence-electron chi connectivity index (χ1n) is 9.75. The van der Waals surface area contributed by atoms with Crippen molar-refractivity contribution in [1.29, 1.82) is 0 Å². The highest BCUT2D eigenvalue weighted by atomic mass is 16.3. The number of rotatable bonds is 2. The van der Waals surface area contributed by atoms with E-state index in [-0.39, 0.29) is 6.61 Å². The van der Waals surface area contributed by atoms with Crippen molar-refractivity contribution < 1.29 is 5.11 Å². The van der Waals surface area contributed by atoms with E-state index in [0.717, 1.165) is 43.8 Å². The zero-order valence-electron chi connectivity index (χ0n) is 15.7. The average Bonchev–Trinajstić information content (AvgIpc) is 3.15. The van der Waals surface area contributed by atoms with E-state index in [1.54, 1.807) is 0 Å². The summed E-state index contributed by atoms with van der Waals surface area (Å²) in [6, 6.07) is 29.3. The first kappa shape index (κ1) is 16.3. The fourth-order valence-electron chi connectivity index (χ4n) is 4.43. The molecule has 0 saturated carbocycles. The molecule has 6 aromatic rings. The van der Waals surface area contributed by atoms with E-state index in [4.69, 9.17) is 4.98 Å². The Morgan fingerprint density at radius 3 is 2.00 bits per heavy atom.